The van der Waals surface area contributed by atoms with E-state index in [0.29, 0.717) is 10.2 Å². The molecule has 0 aromatic heterocycles. The summed E-state index contributed by atoms with van der Waals surface area (Å²) in [5.41, 5.74) is 2.13. The molecule has 1 N–H and O–H groups in total. The largest absolute Gasteiger partial charge is 0.322 e. The van der Waals surface area contributed by atoms with Crippen LogP contribution in [0.25, 0.3) is 0 Å². The molecule has 3 nitrogen and oxygen atoms in total. The Morgan fingerprint density at radius 2 is 1.86 bits per heavy atom. The minimum Gasteiger partial charge on any atom is -0.322 e. The van der Waals surface area contributed by atoms with Crippen LogP contribution in [0.1, 0.15) is 15.9 Å². The molecule has 110 valence electrons. The Morgan fingerprint density at radius 1 is 1.19 bits per heavy atom. The van der Waals surface area contributed by atoms with Crippen LogP contribution in [0, 0.1) is 5.82 Å². The number of nitrogens with one attached hydrogen (secondary N) is 1. The summed E-state index contributed by atoms with van der Waals surface area (Å²) in [6.45, 7) is 0.839. The standard InChI is InChI=1S/C16H16BrFN2O/c1-20(2)10-11-3-6-13(7-4-11)19-16(21)12-5-8-14(17)15(18)9-12/h3-9H,10H2,1-2H3,(H,19,21). The number of hydrogen-bond donors (Lipinski definition) is 1. The van der Waals surface area contributed by atoms with Crippen molar-refractivity contribution in [2.45, 2.75) is 6.54 Å². The first-order chi connectivity index (χ1) is 9.95. The summed E-state index contributed by atoms with van der Waals surface area (Å²) in [4.78, 5) is 14.1. The van der Waals surface area contributed by atoms with Gasteiger partial charge in [-0.1, -0.05) is 12.1 Å². The predicted octanol–water partition coefficient (Wildman–Crippen LogP) is 3.90. The van der Waals surface area contributed by atoms with Gasteiger partial charge in [0.15, 0.2) is 0 Å². The van der Waals surface area contributed by atoms with Crippen LogP contribution in [0.2, 0.25) is 0 Å². The summed E-state index contributed by atoms with van der Waals surface area (Å²) < 4.78 is 13.8. The minimum absolute atomic E-state index is 0.285. The van der Waals surface area contributed by atoms with Crippen LogP contribution in [-0.4, -0.2) is 24.9 Å². The zero-order valence-electron chi connectivity index (χ0n) is 11.9. The van der Waals surface area contributed by atoms with Crippen molar-refractivity contribution in [3.8, 4) is 0 Å². The summed E-state index contributed by atoms with van der Waals surface area (Å²) in [6, 6.07) is 11.9. The smallest absolute Gasteiger partial charge is 0.255 e. The molecule has 2 aromatic rings. The summed E-state index contributed by atoms with van der Waals surface area (Å²) in [6.07, 6.45) is 0. The third kappa shape index (κ3) is 4.37. The third-order valence-corrected chi connectivity index (χ3v) is 3.54. The SMILES string of the molecule is CN(C)Cc1ccc(NC(=O)c2ccc(Br)c(F)c2)cc1. The van der Waals surface area contributed by atoms with E-state index in [9.17, 15) is 9.18 Å². The fourth-order valence-corrected chi connectivity index (χ4v) is 2.15. The van der Waals surface area contributed by atoms with Crippen LogP contribution in [0.4, 0.5) is 10.1 Å². The van der Waals surface area contributed by atoms with Crippen molar-refractivity contribution in [1.82, 2.24) is 4.90 Å². The first-order valence-corrected chi connectivity index (χ1v) is 7.25. The molecule has 0 fully saturated rings. The Hall–Kier alpha value is -1.72. The lowest BCUT2D eigenvalue weighted by Crippen LogP contribution is -2.13. The maximum absolute atomic E-state index is 13.4. The van der Waals surface area contributed by atoms with Crippen LogP contribution in [0.3, 0.4) is 0 Å². The fraction of sp³-hybridized carbons (Fsp3) is 0.188. The van der Waals surface area contributed by atoms with E-state index < -0.39 is 5.82 Å². The maximum Gasteiger partial charge on any atom is 0.255 e. The molecule has 0 aliphatic carbocycles. The second-order valence-corrected chi connectivity index (χ2v) is 5.87. The van der Waals surface area contributed by atoms with E-state index in [4.69, 9.17) is 0 Å². The van der Waals surface area contributed by atoms with E-state index >= 15 is 0 Å². The number of nitrogens with zero attached hydrogens (tertiary/aromatic N) is 1. The lowest BCUT2D eigenvalue weighted by molar-refractivity contribution is 0.102. The number of rotatable bonds is 4. The monoisotopic (exact) mass is 350 g/mol. The molecule has 0 spiro atoms. The molecule has 0 bridgehead atoms. The van der Waals surface area contributed by atoms with Gasteiger partial charge in [0.1, 0.15) is 5.82 Å². The summed E-state index contributed by atoms with van der Waals surface area (Å²) in [5, 5.41) is 2.75. The number of amides is 1. The Kier molecular flexibility index (Phi) is 5.09. The van der Waals surface area contributed by atoms with Crippen molar-refractivity contribution < 1.29 is 9.18 Å². The molecule has 0 saturated heterocycles. The van der Waals surface area contributed by atoms with Crippen molar-refractivity contribution in [3.63, 3.8) is 0 Å². The van der Waals surface area contributed by atoms with Crippen molar-refractivity contribution in [3.05, 3.63) is 63.9 Å². The Balaban J connectivity index is 2.06. The number of carbonyl (C=O) groups is 1. The van der Waals surface area contributed by atoms with E-state index in [2.05, 4.69) is 26.1 Å². The van der Waals surface area contributed by atoms with Gasteiger partial charge < -0.3 is 10.2 Å². The van der Waals surface area contributed by atoms with Gasteiger partial charge in [-0.3, -0.25) is 4.79 Å². The minimum atomic E-state index is -0.455. The summed E-state index contributed by atoms with van der Waals surface area (Å²) in [7, 11) is 4.00. The van der Waals surface area contributed by atoms with E-state index in [0.717, 1.165) is 12.1 Å². The molecular formula is C16H16BrFN2O. The van der Waals surface area contributed by atoms with Crippen LogP contribution in [0.5, 0.6) is 0 Å². The number of benzene rings is 2. The van der Waals surface area contributed by atoms with Gasteiger partial charge in [0.2, 0.25) is 0 Å². The number of halogens is 2. The molecular weight excluding hydrogens is 335 g/mol. The van der Waals surface area contributed by atoms with Gasteiger partial charge in [0.25, 0.3) is 5.91 Å². The summed E-state index contributed by atoms with van der Waals surface area (Å²) >= 11 is 3.06. The van der Waals surface area contributed by atoms with Gasteiger partial charge in [-0.2, -0.15) is 0 Å². The molecule has 21 heavy (non-hydrogen) atoms. The predicted molar refractivity (Wildman–Crippen MR) is 85.9 cm³/mol. The summed E-state index contributed by atoms with van der Waals surface area (Å²) in [5.74, 6) is -0.786. The number of hydrogen-bond acceptors (Lipinski definition) is 2. The molecule has 0 radical (unpaired) electrons. The third-order valence-electron chi connectivity index (χ3n) is 2.89. The molecule has 0 atom stereocenters. The molecule has 5 heteroatoms. The topological polar surface area (TPSA) is 32.3 Å². The highest BCUT2D eigenvalue weighted by Gasteiger charge is 2.09. The average Bonchev–Trinajstić information content (AvgIpc) is 2.43. The Bertz CT molecular complexity index is 641. The molecule has 1 amide bonds. The molecule has 0 unspecified atom stereocenters. The van der Waals surface area contributed by atoms with Gasteiger partial charge in [-0.15, -0.1) is 0 Å². The van der Waals surface area contributed by atoms with Gasteiger partial charge in [-0.05, 0) is 65.9 Å². The van der Waals surface area contributed by atoms with Crippen LogP contribution >= 0.6 is 15.9 Å². The first kappa shape index (κ1) is 15.7. The van der Waals surface area contributed by atoms with Crippen LogP contribution in [0.15, 0.2) is 46.9 Å². The second-order valence-electron chi connectivity index (χ2n) is 5.02. The van der Waals surface area contributed by atoms with Crippen LogP contribution in [-0.2, 0) is 6.54 Å². The maximum atomic E-state index is 13.4. The van der Waals surface area contributed by atoms with Gasteiger partial charge in [0.05, 0.1) is 4.47 Å². The lowest BCUT2D eigenvalue weighted by atomic mass is 10.1. The molecule has 2 rings (SSSR count). The lowest BCUT2D eigenvalue weighted by Gasteiger charge is -2.10. The second kappa shape index (κ2) is 6.83. The van der Waals surface area contributed by atoms with Crippen LogP contribution < -0.4 is 5.32 Å². The normalized spacial score (nSPS) is 10.7. The van der Waals surface area contributed by atoms with Gasteiger partial charge in [0, 0.05) is 17.8 Å². The zero-order valence-corrected chi connectivity index (χ0v) is 13.4. The Morgan fingerprint density at radius 3 is 2.43 bits per heavy atom. The number of carbonyl (C=O) groups excluding carboxylic acids is 1. The zero-order chi connectivity index (χ0) is 15.4. The Labute approximate surface area is 131 Å². The highest BCUT2D eigenvalue weighted by Crippen LogP contribution is 2.18. The van der Waals surface area contributed by atoms with Crippen molar-refractivity contribution in [2.24, 2.45) is 0 Å². The van der Waals surface area contributed by atoms with E-state index in [1.807, 2.05) is 38.4 Å². The van der Waals surface area contributed by atoms with Crippen molar-refractivity contribution >= 4 is 27.5 Å². The highest BCUT2D eigenvalue weighted by molar-refractivity contribution is 9.10. The highest BCUT2D eigenvalue weighted by atomic mass is 79.9. The van der Waals surface area contributed by atoms with E-state index in [1.165, 1.54) is 12.1 Å². The average molecular weight is 351 g/mol. The van der Waals surface area contributed by atoms with E-state index in [1.54, 1.807) is 6.07 Å². The fourth-order valence-electron chi connectivity index (χ4n) is 1.90. The molecule has 0 heterocycles. The van der Waals surface area contributed by atoms with Crippen molar-refractivity contribution in [2.75, 3.05) is 19.4 Å². The van der Waals surface area contributed by atoms with Gasteiger partial charge in [-0.25, -0.2) is 4.39 Å². The quantitative estimate of drug-likeness (QED) is 0.906. The molecule has 0 aliphatic rings. The molecule has 0 aliphatic heterocycles. The molecule has 0 saturated carbocycles. The first-order valence-electron chi connectivity index (χ1n) is 6.46. The van der Waals surface area contributed by atoms with Gasteiger partial charge >= 0.3 is 0 Å². The number of anilines is 1. The molecule has 2 aromatic carbocycles. The van der Waals surface area contributed by atoms with Crippen molar-refractivity contribution in [1.29, 1.82) is 0 Å². The van der Waals surface area contributed by atoms with E-state index in [-0.39, 0.29) is 11.5 Å².